The van der Waals surface area contributed by atoms with E-state index in [9.17, 15) is 8.78 Å². The third-order valence-corrected chi connectivity index (χ3v) is 4.35. The minimum Gasteiger partial charge on any atom is -0.403 e. The number of halogens is 2. The highest BCUT2D eigenvalue weighted by Crippen LogP contribution is 2.48. The summed E-state index contributed by atoms with van der Waals surface area (Å²) in [6.07, 6.45) is 2.55. The molecule has 1 aromatic rings. The molecule has 0 spiro atoms. The summed E-state index contributed by atoms with van der Waals surface area (Å²) in [5, 5.41) is 8.19. The average Bonchev–Trinajstić information content (AvgIpc) is 3.22. The monoisotopic (exact) mass is 307 g/mol. The van der Waals surface area contributed by atoms with Crippen molar-refractivity contribution < 1.29 is 18.1 Å². The molecule has 0 aromatic heterocycles. The molecule has 0 N–H and O–H groups in total. The summed E-state index contributed by atoms with van der Waals surface area (Å²) in [6, 6.07) is 5.00. The number of benzene rings is 1. The van der Waals surface area contributed by atoms with Crippen LogP contribution in [0.4, 0.5) is 8.78 Å². The molecular weight excluding hydrogens is 287 g/mol. The zero-order valence-electron chi connectivity index (χ0n) is 13.3. The Hall–Kier alpha value is -1.45. The minimum atomic E-state index is -1.08. The lowest BCUT2D eigenvalue weighted by Crippen LogP contribution is -2.41. The van der Waals surface area contributed by atoms with Gasteiger partial charge in [-0.1, -0.05) is 18.9 Å². The molecular formula is C16H20BF2NO2. The maximum Gasteiger partial charge on any atom is 0.461 e. The molecule has 1 saturated carbocycles. The van der Waals surface area contributed by atoms with Crippen LogP contribution in [0, 0.1) is 23.0 Å². The molecule has 22 heavy (non-hydrogen) atoms. The van der Waals surface area contributed by atoms with Crippen molar-refractivity contribution in [2.75, 3.05) is 0 Å². The molecule has 1 aliphatic heterocycles. The van der Waals surface area contributed by atoms with Crippen molar-refractivity contribution in [2.45, 2.75) is 57.6 Å². The second kappa shape index (κ2) is 5.98. The van der Waals surface area contributed by atoms with Gasteiger partial charge in [-0.2, -0.15) is 5.26 Å². The molecule has 6 heteroatoms. The molecule has 2 fully saturated rings. The van der Waals surface area contributed by atoms with Crippen molar-refractivity contribution in [3.63, 3.8) is 0 Å². The van der Waals surface area contributed by atoms with Crippen LogP contribution in [0.2, 0.25) is 5.82 Å². The Morgan fingerprint density at radius 1 is 1.14 bits per heavy atom. The molecule has 3 rings (SSSR count). The molecule has 0 radical (unpaired) electrons. The van der Waals surface area contributed by atoms with Gasteiger partial charge in [0, 0.05) is 0 Å². The van der Waals surface area contributed by atoms with Gasteiger partial charge in [-0.25, -0.2) is 8.78 Å². The van der Waals surface area contributed by atoms with Crippen LogP contribution in [0.3, 0.4) is 0 Å². The topological polar surface area (TPSA) is 42.2 Å². The first-order chi connectivity index (χ1) is 10.2. The molecule has 0 bridgehead atoms. The van der Waals surface area contributed by atoms with Gasteiger partial charge >= 0.3 is 7.12 Å². The van der Waals surface area contributed by atoms with E-state index in [-0.39, 0.29) is 23.9 Å². The first kappa shape index (κ1) is 16.9. The Morgan fingerprint density at radius 3 is 2.09 bits per heavy atom. The molecule has 1 heterocycles. The normalized spacial score (nSPS) is 21.8. The smallest absolute Gasteiger partial charge is 0.403 e. The molecule has 118 valence electrons. The van der Waals surface area contributed by atoms with Crippen LogP contribution in [0.15, 0.2) is 18.2 Å². The summed E-state index contributed by atoms with van der Waals surface area (Å²) >= 11 is 0. The first-order valence-corrected chi connectivity index (χ1v) is 7.38. The van der Waals surface area contributed by atoms with Crippen LogP contribution in [-0.4, -0.2) is 18.3 Å². The molecule has 0 atom stereocenters. The summed E-state index contributed by atoms with van der Waals surface area (Å²) in [7, 11) is 0.0648. The average molecular weight is 307 g/mol. The summed E-state index contributed by atoms with van der Waals surface area (Å²) in [5.41, 5.74) is -0.541. The van der Waals surface area contributed by atoms with Crippen LogP contribution in [0.25, 0.3) is 0 Å². The number of rotatable bonds is 1. The highest BCUT2D eigenvalue weighted by atomic mass is 19.2. The van der Waals surface area contributed by atoms with E-state index in [0.717, 1.165) is 6.07 Å². The number of hydrogen-bond donors (Lipinski definition) is 0. The van der Waals surface area contributed by atoms with Gasteiger partial charge in [0.25, 0.3) is 0 Å². The molecule has 1 aliphatic carbocycles. The van der Waals surface area contributed by atoms with Crippen molar-refractivity contribution in [2.24, 2.45) is 0 Å². The fourth-order valence-corrected chi connectivity index (χ4v) is 2.04. The predicted octanol–water partition coefficient (Wildman–Crippen LogP) is 4.08. The third kappa shape index (κ3) is 3.48. The number of nitrogens with zero attached hydrogens (tertiary/aromatic N) is 1. The summed E-state index contributed by atoms with van der Waals surface area (Å²) in [4.78, 5) is 0. The number of hydrogen-bond acceptors (Lipinski definition) is 3. The molecule has 0 unspecified atom stereocenters. The highest BCUT2D eigenvalue weighted by Gasteiger charge is 2.55. The van der Waals surface area contributed by atoms with Gasteiger partial charge in [0.1, 0.15) is 6.07 Å². The van der Waals surface area contributed by atoms with Gasteiger partial charge in [-0.05, 0) is 45.6 Å². The van der Waals surface area contributed by atoms with E-state index >= 15 is 0 Å². The van der Waals surface area contributed by atoms with Gasteiger partial charge in [0.2, 0.25) is 0 Å². The quantitative estimate of drug-likeness (QED) is 0.734. The summed E-state index contributed by atoms with van der Waals surface area (Å²) in [5.74, 6) is -1.39. The largest absolute Gasteiger partial charge is 0.461 e. The fraction of sp³-hybridized carbons (Fsp3) is 0.562. The van der Waals surface area contributed by atoms with Crippen LogP contribution < -0.4 is 0 Å². The second-order valence-corrected chi connectivity index (χ2v) is 6.68. The third-order valence-electron chi connectivity index (χ3n) is 4.35. The van der Waals surface area contributed by atoms with Crippen molar-refractivity contribution in [3.05, 3.63) is 35.4 Å². The van der Waals surface area contributed by atoms with Gasteiger partial charge in [0.15, 0.2) is 11.6 Å². The van der Waals surface area contributed by atoms with E-state index in [1.807, 2.05) is 0 Å². The number of nitriles is 1. The SMILES string of the molecule is CC1(C)OB(C2CC2)OC1(C)C.N#Cc1cccc(F)c1F. The lowest BCUT2D eigenvalue weighted by molar-refractivity contribution is 0.00578. The first-order valence-electron chi connectivity index (χ1n) is 7.38. The van der Waals surface area contributed by atoms with E-state index < -0.39 is 11.6 Å². The molecule has 2 aliphatic rings. The van der Waals surface area contributed by atoms with E-state index in [4.69, 9.17) is 14.6 Å². The summed E-state index contributed by atoms with van der Waals surface area (Å²) < 4.78 is 36.4. The molecule has 1 aromatic carbocycles. The molecule has 0 amide bonds. The van der Waals surface area contributed by atoms with Crippen LogP contribution in [0.5, 0.6) is 0 Å². The van der Waals surface area contributed by atoms with Crippen molar-refractivity contribution >= 4 is 7.12 Å². The zero-order valence-corrected chi connectivity index (χ0v) is 13.3. The maximum atomic E-state index is 12.4. The zero-order chi connectivity index (χ0) is 16.5. The lowest BCUT2D eigenvalue weighted by Gasteiger charge is -2.32. The maximum absolute atomic E-state index is 12.4. The van der Waals surface area contributed by atoms with Crippen molar-refractivity contribution in [1.82, 2.24) is 0 Å². The van der Waals surface area contributed by atoms with E-state index in [1.54, 1.807) is 0 Å². The minimum absolute atomic E-state index is 0.0648. The van der Waals surface area contributed by atoms with Crippen molar-refractivity contribution in [1.29, 1.82) is 5.26 Å². The van der Waals surface area contributed by atoms with Crippen LogP contribution in [-0.2, 0) is 9.31 Å². The van der Waals surface area contributed by atoms with E-state index in [2.05, 4.69) is 27.7 Å². The Morgan fingerprint density at radius 2 is 1.68 bits per heavy atom. The highest BCUT2D eigenvalue weighted by molar-refractivity contribution is 6.48. The summed E-state index contributed by atoms with van der Waals surface area (Å²) in [6.45, 7) is 8.43. The van der Waals surface area contributed by atoms with Crippen LogP contribution >= 0.6 is 0 Å². The van der Waals surface area contributed by atoms with Gasteiger partial charge in [0.05, 0.1) is 16.8 Å². The van der Waals surface area contributed by atoms with Gasteiger partial charge < -0.3 is 9.31 Å². The lowest BCUT2D eigenvalue weighted by atomic mass is 9.82. The van der Waals surface area contributed by atoms with E-state index in [0.29, 0.717) is 5.82 Å². The standard InChI is InChI=1S/C9H17BO2.C7H3F2N/c1-8(2)9(3,4)12-10(11-8)7-5-6-7;8-6-3-1-2-5(4-10)7(6)9/h7H,5-6H2,1-4H3;1-3H. The predicted molar refractivity (Wildman–Crippen MR) is 80.1 cm³/mol. The van der Waals surface area contributed by atoms with E-state index in [1.165, 1.54) is 31.0 Å². The molecule has 3 nitrogen and oxygen atoms in total. The molecule has 1 saturated heterocycles. The Bertz CT molecular complexity index is 578. The van der Waals surface area contributed by atoms with Crippen LogP contribution in [0.1, 0.15) is 46.1 Å². The van der Waals surface area contributed by atoms with Gasteiger partial charge in [-0.3, -0.25) is 0 Å². The fourth-order valence-electron chi connectivity index (χ4n) is 2.04. The van der Waals surface area contributed by atoms with Gasteiger partial charge in [-0.15, -0.1) is 0 Å². The Balaban J connectivity index is 0.000000164. The second-order valence-electron chi connectivity index (χ2n) is 6.68. The Labute approximate surface area is 130 Å². The Kier molecular flexibility index (Phi) is 4.60. The van der Waals surface area contributed by atoms with Crippen molar-refractivity contribution in [3.8, 4) is 6.07 Å².